The molecule has 0 bridgehead atoms. The Balaban J connectivity index is 2.65. The minimum atomic E-state index is -0.467. The molecule has 0 aliphatic rings. The molecule has 0 aliphatic carbocycles. The second-order valence-electron chi connectivity index (χ2n) is 2.86. The largest absolute Gasteiger partial charge is 0.382 e. The van der Waals surface area contributed by atoms with Crippen molar-refractivity contribution in [3.8, 4) is 24.2 Å². The zero-order valence-corrected chi connectivity index (χ0v) is 8.21. The highest BCUT2D eigenvalue weighted by Gasteiger charge is 1.96. The summed E-state index contributed by atoms with van der Waals surface area (Å²) in [6.45, 7) is 0. The predicted molar refractivity (Wildman–Crippen MR) is 58.8 cm³/mol. The first-order chi connectivity index (χ1) is 7.24. The minimum Gasteiger partial charge on any atom is -0.382 e. The van der Waals surface area contributed by atoms with E-state index in [1.807, 2.05) is 0 Å². The van der Waals surface area contributed by atoms with Gasteiger partial charge < -0.3 is 10.7 Å². The topological polar surface area (TPSA) is 71.8 Å². The summed E-state index contributed by atoms with van der Waals surface area (Å²) in [6.07, 6.45) is 8.84. The molecule has 76 valence electrons. The molecule has 0 amide bonds. The van der Waals surface area contributed by atoms with E-state index in [0.29, 0.717) is 18.4 Å². The lowest BCUT2D eigenvalue weighted by Crippen LogP contribution is -2.12. The van der Waals surface area contributed by atoms with Crippen molar-refractivity contribution in [1.29, 1.82) is 0 Å². The van der Waals surface area contributed by atoms with Gasteiger partial charge in [0.1, 0.15) is 5.82 Å². The summed E-state index contributed by atoms with van der Waals surface area (Å²) in [5.41, 5.74) is 5.57. The lowest BCUT2D eigenvalue weighted by molar-refractivity contribution is 0.904. The maximum absolute atomic E-state index is 10.7. The van der Waals surface area contributed by atoms with Gasteiger partial charge in [0.15, 0.2) is 0 Å². The van der Waals surface area contributed by atoms with Gasteiger partial charge in [0.2, 0.25) is 0 Å². The monoisotopic (exact) mass is 201 g/mol. The molecule has 0 atom stereocenters. The second kappa shape index (κ2) is 5.51. The van der Waals surface area contributed by atoms with Crippen molar-refractivity contribution in [1.82, 2.24) is 9.97 Å². The fourth-order valence-corrected chi connectivity index (χ4v) is 0.946. The van der Waals surface area contributed by atoms with Crippen LogP contribution in [0.25, 0.3) is 0 Å². The average molecular weight is 201 g/mol. The number of hydrogen-bond acceptors (Lipinski definition) is 3. The van der Waals surface area contributed by atoms with E-state index in [1.165, 1.54) is 6.20 Å². The Morgan fingerprint density at radius 3 is 3.00 bits per heavy atom. The maximum atomic E-state index is 10.7. The highest BCUT2D eigenvalue weighted by molar-refractivity contribution is 5.48. The van der Waals surface area contributed by atoms with E-state index >= 15 is 0 Å². The Morgan fingerprint density at radius 1 is 1.53 bits per heavy atom. The lowest BCUT2D eigenvalue weighted by atomic mass is 10.2. The Bertz CT molecular complexity index is 485. The quantitative estimate of drug-likeness (QED) is 0.541. The summed E-state index contributed by atoms with van der Waals surface area (Å²) >= 11 is 0. The van der Waals surface area contributed by atoms with Gasteiger partial charge in [-0.1, -0.05) is 11.8 Å². The molecule has 15 heavy (non-hydrogen) atoms. The molecule has 1 heterocycles. The fraction of sp³-hybridized carbons (Fsp3) is 0.273. The van der Waals surface area contributed by atoms with Crippen molar-refractivity contribution in [3.05, 3.63) is 22.2 Å². The van der Waals surface area contributed by atoms with Crippen molar-refractivity contribution in [2.45, 2.75) is 19.3 Å². The predicted octanol–water partition coefficient (Wildman–Crippen LogP) is 0.507. The number of terminal acetylenes is 1. The third-order valence-corrected chi connectivity index (χ3v) is 1.68. The number of rotatable bonds is 2. The molecule has 1 aromatic heterocycles. The molecule has 4 heteroatoms. The maximum Gasteiger partial charge on any atom is 0.346 e. The van der Waals surface area contributed by atoms with E-state index in [2.05, 4.69) is 27.7 Å². The number of nitrogens with zero attached hydrogens (tertiary/aromatic N) is 1. The number of nitrogens with one attached hydrogen (secondary N) is 1. The normalized spacial score (nSPS) is 8.73. The summed E-state index contributed by atoms with van der Waals surface area (Å²) in [6, 6.07) is 0. The molecule has 0 spiro atoms. The molecule has 3 N–H and O–H groups in total. The van der Waals surface area contributed by atoms with E-state index in [0.717, 1.165) is 6.42 Å². The van der Waals surface area contributed by atoms with E-state index in [1.54, 1.807) is 0 Å². The third kappa shape index (κ3) is 3.58. The summed E-state index contributed by atoms with van der Waals surface area (Å²) in [5, 5.41) is 0. The zero-order valence-electron chi connectivity index (χ0n) is 8.21. The zero-order chi connectivity index (χ0) is 11.1. The summed E-state index contributed by atoms with van der Waals surface area (Å²) in [5.74, 6) is 8.42. The number of nitrogen functional groups attached to an aromatic ring is 1. The third-order valence-electron chi connectivity index (χ3n) is 1.68. The Labute approximate surface area is 87.9 Å². The summed E-state index contributed by atoms with van der Waals surface area (Å²) in [4.78, 5) is 16.7. The minimum absolute atomic E-state index is 0.156. The first kappa shape index (κ1) is 10.9. The van der Waals surface area contributed by atoms with Crippen molar-refractivity contribution < 1.29 is 0 Å². The summed E-state index contributed by atoms with van der Waals surface area (Å²) < 4.78 is 0. The number of unbranched alkanes of at least 4 members (excludes halogenated alkanes) is 2. The molecular formula is C11H11N3O. The van der Waals surface area contributed by atoms with Gasteiger partial charge >= 0.3 is 5.69 Å². The summed E-state index contributed by atoms with van der Waals surface area (Å²) in [7, 11) is 0. The van der Waals surface area contributed by atoms with Gasteiger partial charge in [-0.05, 0) is 6.42 Å². The van der Waals surface area contributed by atoms with Gasteiger partial charge in [-0.2, -0.15) is 4.98 Å². The average Bonchev–Trinajstić information content (AvgIpc) is 2.20. The number of aromatic amines is 1. The molecule has 0 radical (unpaired) electrons. The number of aromatic nitrogens is 2. The van der Waals surface area contributed by atoms with E-state index in [-0.39, 0.29) is 5.82 Å². The van der Waals surface area contributed by atoms with Gasteiger partial charge in [-0.25, -0.2) is 4.79 Å². The van der Waals surface area contributed by atoms with Crippen LogP contribution in [-0.4, -0.2) is 9.97 Å². The first-order valence-corrected chi connectivity index (χ1v) is 4.51. The highest BCUT2D eigenvalue weighted by Crippen LogP contribution is 2.00. The Morgan fingerprint density at radius 2 is 2.33 bits per heavy atom. The number of anilines is 1. The van der Waals surface area contributed by atoms with Crippen LogP contribution in [0.5, 0.6) is 0 Å². The smallest absolute Gasteiger partial charge is 0.346 e. The molecule has 0 aliphatic heterocycles. The van der Waals surface area contributed by atoms with Crippen molar-refractivity contribution >= 4 is 5.82 Å². The molecule has 1 aromatic rings. The van der Waals surface area contributed by atoms with Gasteiger partial charge in [0, 0.05) is 19.0 Å². The van der Waals surface area contributed by atoms with Crippen LogP contribution >= 0.6 is 0 Å². The van der Waals surface area contributed by atoms with Gasteiger partial charge in [0.05, 0.1) is 5.56 Å². The van der Waals surface area contributed by atoms with Crippen LogP contribution in [0.1, 0.15) is 24.8 Å². The van der Waals surface area contributed by atoms with Crippen LogP contribution in [-0.2, 0) is 0 Å². The van der Waals surface area contributed by atoms with Crippen LogP contribution in [0.4, 0.5) is 5.82 Å². The molecule has 0 saturated carbocycles. The molecule has 0 saturated heterocycles. The second-order valence-corrected chi connectivity index (χ2v) is 2.86. The van der Waals surface area contributed by atoms with Crippen molar-refractivity contribution in [2.24, 2.45) is 0 Å². The fourth-order valence-electron chi connectivity index (χ4n) is 0.946. The van der Waals surface area contributed by atoms with Crippen molar-refractivity contribution in [2.75, 3.05) is 5.73 Å². The van der Waals surface area contributed by atoms with E-state index in [4.69, 9.17) is 12.2 Å². The van der Waals surface area contributed by atoms with Crippen LogP contribution < -0.4 is 11.4 Å². The Hall–Kier alpha value is -2.20. The van der Waals surface area contributed by atoms with E-state index < -0.39 is 5.69 Å². The lowest BCUT2D eigenvalue weighted by Gasteiger charge is -1.93. The molecule has 1 rings (SSSR count). The molecule has 0 unspecified atom stereocenters. The number of H-pyrrole nitrogens is 1. The van der Waals surface area contributed by atoms with E-state index in [9.17, 15) is 4.79 Å². The molecule has 0 fully saturated rings. The highest BCUT2D eigenvalue weighted by atomic mass is 16.1. The molecule has 0 aromatic carbocycles. The Kier molecular flexibility index (Phi) is 4.00. The molecular weight excluding hydrogens is 190 g/mol. The molecule has 4 nitrogen and oxygen atoms in total. The van der Waals surface area contributed by atoms with Crippen molar-refractivity contribution in [3.63, 3.8) is 0 Å². The van der Waals surface area contributed by atoms with Crippen LogP contribution in [0.3, 0.4) is 0 Å². The first-order valence-electron chi connectivity index (χ1n) is 4.51. The van der Waals surface area contributed by atoms with Gasteiger partial charge in [0.25, 0.3) is 0 Å². The number of nitrogens with two attached hydrogens (primary N) is 1. The van der Waals surface area contributed by atoms with Crippen LogP contribution in [0.2, 0.25) is 0 Å². The van der Waals surface area contributed by atoms with Crippen LogP contribution in [0.15, 0.2) is 11.0 Å². The van der Waals surface area contributed by atoms with Gasteiger partial charge in [-0.15, -0.1) is 12.3 Å². The standard InChI is InChI=1S/C11H11N3O/c1-2-3-4-5-6-7-9-8-13-11(15)14-10(9)12/h1,8H,3-5H2,(H3,12,13,14,15). The van der Waals surface area contributed by atoms with Crippen LogP contribution in [0, 0.1) is 24.2 Å². The van der Waals surface area contributed by atoms with Gasteiger partial charge in [-0.3, -0.25) is 0 Å². The SMILES string of the molecule is C#CCCCC#Cc1c[nH]c(=O)nc1N. The number of hydrogen-bond donors (Lipinski definition) is 2.